The second-order valence-electron chi connectivity index (χ2n) is 4.81. The van der Waals surface area contributed by atoms with Crippen LogP contribution in [0.25, 0.3) is 0 Å². The third kappa shape index (κ3) is 4.30. The van der Waals surface area contributed by atoms with Crippen LogP contribution in [0.3, 0.4) is 0 Å². The van der Waals surface area contributed by atoms with E-state index in [0.29, 0.717) is 5.02 Å². The molecule has 0 aliphatic carbocycles. The fraction of sp³-hybridized carbons (Fsp3) is 0.158. The van der Waals surface area contributed by atoms with Gasteiger partial charge in [-0.05, 0) is 30.7 Å². The topological polar surface area (TPSA) is 12.5 Å². The van der Waals surface area contributed by atoms with Crippen LogP contribution in [-0.2, 0) is 4.74 Å². The summed E-state index contributed by atoms with van der Waals surface area (Å²) in [6, 6.07) is 14.0. The minimum atomic E-state index is -0.233. The number of allylic oxidation sites excluding steroid dienone is 3. The maximum atomic E-state index is 12.8. The summed E-state index contributed by atoms with van der Waals surface area (Å²) in [6.45, 7) is 5.42. The molecular weight excluding hydrogens is 299 g/mol. The normalized spacial score (nSPS) is 19.4. The molecule has 2 aromatic carbocycles. The first kappa shape index (κ1) is 16.5. The van der Waals surface area contributed by atoms with Crippen LogP contribution in [0.1, 0.15) is 30.3 Å². The van der Waals surface area contributed by atoms with Crippen LogP contribution in [0.5, 0.6) is 0 Å². The Kier molecular flexibility index (Phi) is 5.93. The molecule has 22 heavy (non-hydrogen) atoms. The summed E-state index contributed by atoms with van der Waals surface area (Å²) < 4.78 is 18.4. The van der Waals surface area contributed by atoms with Gasteiger partial charge in [0.25, 0.3) is 0 Å². The van der Waals surface area contributed by atoms with E-state index in [-0.39, 0.29) is 18.0 Å². The molecule has 3 heteroatoms. The first-order chi connectivity index (χ1) is 10.7. The lowest BCUT2D eigenvalue weighted by atomic mass is 10.0. The minimum Gasteiger partial charge on any atom is -0.359 e. The monoisotopic (exact) mass is 316 g/mol. The van der Waals surface area contributed by atoms with Crippen LogP contribution in [-0.4, -0.2) is 0 Å². The molecule has 3 rings (SSSR count). The number of epoxide rings is 1. The first-order valence-electron chi connectivity index (χ1n) is 7.06. The van der Waals surface area contributed by atoms with Crippen LogP contribution < -0.4 is 0 Å². The summed E-state index contributed by atoms with van der Waals surface area (Å²) in [4.78, 5) is 0. The van der Waals surface area contributed by atoms with Crippen LogP contribution in [0.15, 0.2) is 73.3 Å². The Balaban J connectivity index is 0.000000309. The maximum absolute atomic E-state index is 12.8. The third-order valence-corrected chi connectivity index (χ3v) is 3.57. The Bertz CT molecular complexity index is 649. The van der Waals surface area contributed by atoms with E-state index < -0.39 is 0 Å². The Hall–Kier alpha value is -1.90. The zero-order chi connectivity index (χ0) is 15.9. The van der Waals surface area contributed by atoms with Crippen LogP contribution in [0.4, 0.5) is 4.39 Å². The van der Waals surface area contributed by atoms with E-state index >= 15 is 0 Å². The molecule has 0 aromatic heterocycles. The van der Waals surface area contributed by atoms with Crippen molar-refractivity contribution < 1.29 is 9.13 Å². The van der Waals surface area contributed by atoms with Crippen molar-refractivity contribution >= 4 is 11.6 Å². The van der Waals surface area contributed by atoms with Gasteiger partial charge in [-0.1, -0.05) is 66.7 Å². The predicted molar refractivity (Wildman–Crippen MR) is 89.4 cm³/mol. The standard InChI is InChI=1S/C14H10ClFO.C5H8/c15-12-4-2-1-3-11(12)14-13(17-14)9-5-7-10(16)8-6-9;1-3-5-4-2/h1-8,13-14H;3-5H,1H2,2H3/b;5-4-/t13-,14-;/m1./s1. The molecule has 1 aliphatic heterocycles. The molecule has 0 N–H and O–H groups in total. The first-order valence-corrected chi connectivity index (χ1v) is 7.44. The lowest BCUT2D eigenvalue weighted by molar-refractivity contribution is 0.377. The average Bonchev–Trinajstić information content (AvgIpc) is 3.30. The van der Waals surface area contributed by atoms with Crippen molar-refractivity contribution in [2.45, 2.75) is 19.1 Å². The summed E-state index contributed by atoms with van der Waals surface area (Å²) in [5.74, 6) is -0.233. The van der Waals surface area contributed by atoms with Gasteiger partial charge in [-0.15, -0.1) is 0 Å². The molecule has 0 amide bonds. The van der Waals surface area contributed by atoms with E-state index in [9.17, 15) is 4.39 Å². The largest absolute Gasteiger partial charge is 0.359 e. The van der Waals surface area contributed by atoms with Crippen LogP contribution in [0.2, 0.25) is 5.02 Å². The molecule has 0 spiro atoms. The summed E-state index contributed by atoms with van der Waals surface area (Å²) in [7, 11) is 0. The highest BCUT2D eigenvalue weighted by atomic mass is 35.5. The summed E-state index contributed by atoms with van der Waals surface area (Å²) in [5.41, 5.74) is 1.97. The van der Waals surface area contributed by atoms with Gasteiger partial charge in [-0.2, -0.15) is 0 Å². The van der Waals surface area contributed by atoms with Gasteiger partial charge in [-0.25, -0.2) is 4.39 Å². The summed E-state index contributed by atoms with van der Waals surface area (Å²) >= 11 is 6.10. The minimum absolute atomic E-state index is 0.00417. The number of ether oxygens (including phenoxy) is 1. The molecule has 1 heterocycles. The second-order valence-corrected chi connectivity index (χ2v) is 5.22. The van der Waals surface area contributed by atoms with Crippen molar-refractivity contribution in [3.8, 4) is 0 Å². The van der Waals surface area contributed by atoms with E-state index in [2.05, 4.69) is 6.58 Å². The van der Waals surface area contributed by atoms with E-state index in [1.54, 1.807) is 18.2 Å². The van der Waals surface area contributed by atoms with Gasteiger partial charge in [0.05, 0.1) is 0 Å². The van der Waals surface area contributed by atoms with Gasteiger partial charge < -0.3 is 4.74 Å². The number of halogens is 2. The quantitative estimate of drug-likeness (QED) is 0.496. The van der Waals surface area contributed by atoms with Crippen molar-refractivity contribution in [3.63, 3.8) is 0 Å². The molecule has 0 unspecified atom stereocenters. The maximum Gasteiger partial charge on any atom is 0.123 e. The van der Waals surface area contributed by atoms with Crippen molar-refractivity contribution in [1.82, 2.24) is 0 Å². The highest BCUT2D eigenvalue weighted by Crippen LogP contribution is 2.52. The molecule has 1 nitrogen and oxygen atoms in total. The lowest BCUT2D eigenvalue weighted by Gasteiger charge is -1.99. The SMILES string of the molecule is C=C/C=C\C.Fc1ccc([C@H]2O[C@@H]2c2ccccc2Cl)cc1. The molecular formula is C19H18ClFO. The Morgan fingerprint density at radius 1 is 1.09 bits per heavy atom. The molecule has 2 atom stereocenters. The zero-order valence-corrected chi connectivity index (χ0v) is 13.1. The molecule has 1 fully saturated rings. The fourth-order valence-electron chi connectivity index (χ4n) is 2.10. The highest BCUT2D eigenvalue weighted by Gasteiger charge is 2.42. The van der Waals surface area contributed by atoms with Crippen molar-refractivity contribution in [1.29, 1.82) is 0 Å². The number of hydrogen-bond acceptors (Lipinski definition) is 1. The fourth-order valence-corrected chi connectivity index (χ4v) is 2.34. The van der Waals surface area contributed by atoms with E-state index in [1.165, 1.54) is 12.1 Å². The molecule has 0 radical (unpaired) electrons. The Morgan fingerprint density at radius 3 is 2.32 bits per heavy atom. The molecule has 0 saturated carbocycles. The van der Waals surface area contributed by atoms with Crippen LogP contribution in [0, 0.1) is 5.82 Å². The number of hydrogen-bond donors (Lipinski definition) is 0. The smallest absolute Gasteiger partial charge is 0.123 e. The average molecular weight is 317 g/mol. The van der Waals surface area contributed by atoms with Gasteiger partial charge in [0, 0.05) is 10.6 Å². The number of benzene rings is 2. The van der Waals surface area contributed by atoms with E-state index in [0.717, 1.165) is 11.1 Å². The molecule has 114 valence electrons. The molecule has 2 aromatic rings. The van der Waals surface area contributed by atoms with Crippen LogP contribution >= 0.6 is 11.6 Å². The second kappa shape index (κ2) is 7.92. The Labute approximate surface area is 135 Å². The van der Waals surface area contributed by atoms with Crippen molar-refractivity contribution in [2.75, 3.05) is 0 Å². The highest BCUT2D eigenvalue weighted by molar-refractivity contribution is 6.31. The van der Waals surface area contributed by atoms with E-state index in [1.807, 2.05) is 43.3 Å². The van der Waals surface area contributed by atoms with Crippen molar-refractivity contribution in [2.24, 2.45) is 0 Å². The predicted octanol–water partition coefficient (Wildman–Crippen LogP) is 6.04. The van der Waals surface area contributed by atoms with Crippen molar-refractivity contribution in [3.05, 3.63) is 95.3 Å². The molecule has 1 aliphatic rings. The van der Waals surface area contributed by atoms with Gasteiger partial charge in [0.1, 0.15) is 18.0 Å². The molecule has 1 saturated heterocycles. The zero-order valence-electron chi connectivity index (χ0n) is 12.4. The van der Waals surface area contributed by atoms with Gasteiger partial charge in [-0.3, -0.25) is 0 Å². The van der Waals surface area contributed by atoms with Gasteiger partial charge >= 0.3 is 0 Å². The van der Waals surface area contributed by atoms with Gasteiger partial charge in [0.15, 0.2) is 0 Å². The molecule has 0 bridgehead atoms. The number of rotatable bonds is 3. The van der Waals surface area contributed by atoms with Gasteiger partial charge in [0.2, 0.25) is 0 Å². The Morgan fingerprint density at radius 2 is 1.77 bits per heavy atom. The van der Waals surface area contributed by atoms with E-state index in [4.69, 9.17) is 16.3 Å². The third-order valence-electron chi connectivity index (χ3n) is 3.23. The lowest BCUT2D eigenvalue weighted by Crippen LogP contribution is -1.86. The summed E-state index contributed by atoms with van der Waals surface area (Å²) in [5, 5.41) is 0.710. The summed E-state index contributed by atoms with van der Waals surface area (Å²) in [6.07, 6.45) is 5.57.